The van der Waals surface area contributed by atoms with Crippen LogP contribution in [-0.4, -0.2) is 55.6 Å². The molecule has 0 bridgehead atoms. The highest BCUT2D eigenvalue weighted by Gasteiger charge is 2.50. The number of carbonyl (C=O) groups excluding carboxylic acids is 4. The first-order chi connectivity index (χ1) is 16.3. The third-order valence-corrected chi connectivity index (χ3v) is 7.47. The quantitative estimate of drug-likeness (QED) is 0.492. The first kappa shape index (κ1) is 22.2. The topological polar surface area (TPSA) is 123 Å². The monoisotopic (exact) mass is 485 g/mol. The number of hydrogen-bond donors (Lipinski definition) is 2. The van der Waals surface area contributed by atoms with Crippen molar-refractivity contribution >= 4 is 40.2 Å². The molecule has 2 aromatic rings. The molecule has 1 saturated heterocycles. The predicted molar refractivity (Wildman–Crippen MR) is 121 cm³/mol. The van der Waals surface area contributed by atoms with Gasteiger partial charge in [0.2, 0.25) is 5.91 Å². The Labute approximate surface area is 199 Å². The van der Waals surface area contributed by atoms with Crippen molar-refractivity contribution in [2.45, 2.75) is 31.7 Å². The number of amides is 4. The molecular weight excluding hydrogens is 462 g/mol. The number of carbonyl (C=O) groups is 4. The maximum atomic E-state index is 13.2. The van der Waals surface area contributed by atoms with Crippen LogP contribution in [0.3, 0.4) is 0 Å². The van der Waals surface area contributed by atoms with Gasteiger partial charge in [-0.15, -0.1) is 11.3 Å². The van der Waals surface area contributed by atoms with Crippen LogP contribution in [0.15, 0.2) is 18.2 Å². The zero-order chi connectivity index (χ0) is 24.0. The molecule has 1 fully saturated rings. The number of aryl methyl sites for hydroxylation is 1. The van der Waals surface area contributed by atoms with E-state index in [9.17, 15) is 19.2 Å². The van der Waals surface area contributed by atoms with Gasteiger partial charge in [0.25, 0.3) is 5.91 Å². The Balaban J connectivity index is 1.34. The van der Waals surface area contributed by atoms with Gasteiger partial charge in [0, 0.05) is 4.88 Å². The molecular formula is C23H23N3O7S. The van der Waals surface area contributed by atoms with E-state index in [1.165, 1.54) is 18.4 Å². The summed E-state index contributed by atoms with van der Waals surface area (Å²) in [4.78, 5) is 53.0. The maximum absolute atomic E-state index is 13.2. The van der Waals surface area contributed by atoms with Crippen molar-refractivity contribution in [2.24, 2.45) is 0 Å². The lowest BCUT2D eigenvalue weighted by Crippen LogP contribution is -2.42. The molecule has 0 radical (unpaired) electrons. The average Bonchev–Trinajstić information content (AvgIpc) is 3.47. The van der Waals surface area contributed by atoms with Crippen LogP contribution in [0.4, 0.5) is 9.80 Å². The second-order valence-corrected chi connectivity index (χ2v) is 9.51. The van der Waals surface area contributed by atoms with Crippen molar-refractivity contribution in [1.82, 2.24) is 10.2 Å². The van der Waals surface area contributed by atoms with E-state index >= 15 is 0 Å². The van der Waals surface area contributed by atoms with Crippen LogP contribution in [0.2, 0.25) is 0 Å². The number of imide groups is 1. The number of thiophene rings is 1. The summed E-state index contributed by atoms with van der Waals surface area (Å²) in [6.45, 7) is 1.91. The summed E-state index contributed by atoms with van der Waals surface area (Å²) in [6.07, 6.45) is 2.52. The molecule has 11 heteroatoms. The van der Waals surface area contributed by atoms with Crippen LogP contribution in [-0.2, 0) is 32.7 Å². The molecule has 0 saturated carbocycles. The molecule has 2 aliphatic heterocycles. The van der Waals surface area contributed by atoms with Gasteiger partial charge in [-0.3, -0.25) is 14.5 Å². The standard InChI is InChI=1S/C23H23N3O7S/c1-23(12-6-7-14-15(10-12)33-9-8-32-14)21(29)26(22(30)25-23)11-17(27)24-19-18(20(28)31-2)13-4-3-5-16(13)34-19/h6-7,10H,3-5,8-9,11H2,1-2H3,(H,24,27)(H,25,30)/t23-/m0/s1. The highest BCUT2D eigenvalue weighted by Crippen LogP contribution is 2.40. The molecule has 3 aliphatic rings. The van der Waals surface area contributed by atoms with Gasteiger partial charge in [-0.1, -0.05) is 6.07 Å². The molecule has 2 N–H and O–H groups in total. The summed E-state index contributed by atoms with van der Waals surface area (Å²) in [6, 6.07) is 4.35. The van der Waals surface area contributed by atoms with Crippen LogP contribution in [0.1, 0.15) is 39.7 Å². The number of urea groups is 1. The van der Waals surface area contributed by atoms with Crippen LogP contribution in [0.5, 0.6) is 11.5 Å². The van der Waals surface area contributed by atoms with Crippen molar-refractivity contribution < 1.29 is 33.4 Å². The summed E-state index contributed by atoms with van der Waals surface area (Å²) in [5.74, 6) is -0.609. The maximum Gasteiger partial charge on any atom is 0.341 e. The van der Waals surface area contributed by atoms with E-state index in [0.29, 0.717) is 40.8 Å². The first-order valence-electron chi connectivity index (χ1n) is 10.9. The van der Waals surface area contributed by atoms with Crippen molar-refractivity contribution in [1.29, 1.82) is 0 Å². The lowest BCUT2D eigenvalue weighted by molar-refractivity contribution is -0.133. The van der Waals surface area contributed by atoms with E-state index in [-0.39, 0.29) is 0 Å². The minimum Gasteiger partial charge on any atom is -0.486 e. The van der Waals surface area contributed by atoms with Crippen LogP contribution < -0.4 is 20.1 Å². The van der Waals surface area contributed by atoms with E-state index in [4.69, 9.17) is 14.2 Å². The normalized spacial score (nSPS) is 20.7. The highest BCUT2D eigenvalue weighted by atomic mass is 32.1. The van der Waals surface area contributed by atoms with E-state index in [2.05, 4.69) is 10.6 Å². The van der Waals surface area contributed by atoms with Gasteiger partial charge in [0.1, 0.15) is 30.3 Å². The fraction of sp³-hybridized carbons (Fsp3) is 0.391. The SMILES string of the molecule is COC(=O)c1c(NC(=O)CN2C(=O)N[C@@](C)(c3ccc4c(c3)OCCO4)C2=O)sc2c1CCC2. The minimum absolute atomic E-state index is 0.353. The predicted octanol–water partition coefficient (Wildman–Crippen LogP) is 2.20. The van der Waals surface area contributed by atoms with Crippen molar-refractivity contribution in [3.05, 3.63) is 39.8 Å². The zero-order valence-corrected chi connectivity index (χ0v) is 19.5. The van der Waals surface area contributed by atoms with Gasteiger partial charge in [0.05, 0.1) is 12.7 Å². The molecule has 5 rings (SSSR count). The third kappa shape index (κ3) is 3.56. The van der Waals surface area contributed by atoms with Crippen molar-refractivity contribution in [2.75, 3.05) is 32.2 Å². The summed E-state index contributed by atoms with van der Waals surface area (Å²) >= 11 is 1.33. The molecule has 10 nitrogen and oxygen atoms in total. The molecule has 1 aliphatic carbocycles. The molecule has 178 valence electrons. The van der Waals surface area contributed by atoms with Crippen LogP contribution in [0, 0.1) is 0 Å². The van der Waals surface area contributed by atoms with Gasteiger partial charge in [-0.25, -0.2) is 9.59 Å². The number of hydrogen-bond acceptors (Lipinski definition) is 8. The molecule has 4 amide bonds. The summed E-state index contributed by atoms with van der Waals surface area (Å²) < 4.78 is 16.0. The van der Waals surface area contributed by atoms with Crippen LogP contribution >= 0.6 is 11.3 Å². The molecule has 1 atom stereocenters. The van der Waals surface area contributed by atoms with E-state index in [1.54, 1.807) is 25.1 Å². The van der Waals surface area contributed by atoms with E-state index in [1.807, 2.05) is 0 Å². The molecule has 3 heterocycles. The molecule has 1 aromatic heterocycles. The third-order valence-electron chi connectivity index (χ3n) is 6.26. The molecule has 0 spiro atoms. The van der Waals surface area contributed by atoms with Crippen molar-refractivity contribution in [3.8, 4) is 11.5 Å². The fourth-order valence-electron chi connectivity index (χ4n) is 4.51. The average molecular weight is 486 g/mol. The second-order valence-electron chi connectivity index (χ2n) is 8.41. The largest absolute Gasteiger partial charge is 0.486 e. The zero-order valence-electron chi connectivity index (χ0n) is 18.7. The number of fused-ring (bicyclic) bond motifs is 2. The van der Waals surface area contributed by atoms with Gasteiger partial charge >= 0.3 is 12.0 Å². The second kappa shape index (κ2) is 8.32. The highest BCUT2D eigenvalue weighted by molar-refractivity contribution is 7.17. The van der Waals surface area contributed by atoms with Gasteiger partial charge < -0.3 is 24.8 Å². The number of nitrogens with zero attached hydrogens (tertiary/aromatic N) is 1. The minimum atomic E-state index is -1.37. The number of anilines is 1. The Morgan fingerprint density at radius 3 is 2.74 bits per heavy atom. The number of benzene rings is 1. The number of methoxy groups -OCH3 is 1. The van der Waals surface area contributed by atoms with Gasteiger partial charge in [-0.05, 0) is 49.4 Å². The lowest BCUT2D eigenvalue weighted by Gasteiger charge is -2.25. The number of rotatable bonds is 5. The van der Waals surface area contributed by atoms with Crippen molar-refractivity contribution in [3.63, 3.8) is 0 Å². The fourth-order valence-corrected chi connectivity index (χ4v) is 5.80. The van der Waals surface area contributed by atoms with Gasteiger partial charge in [0.15, 0.2) is 11.5 Å². The Morgan fingerprint density at radius 2 is 1.97 bits per heavy atom. The Bertz CT molecular complexity index is 1220. The molecule has 34 heavy (non-hydrogen) atoms. The van der Waals surface area contributed by atoms with E-state index < -0.39 is 35.9 Å². The van der Waals surface area contributed by atoms with Crippen LogP contribution in [0.25, 0.3) is 0 Å². The Kier molecular flexibility index (Phi) is 5.43. The molecule has 0 unspecified atom stereocenters. The van der Waals surface area contributed by atoms with E-state index in [0.717, 1.165) is 34.6 Å². The lowest BCUT2D eigenvalue weighted by atomic mass is 9.91. The summed E-state index contributed by atoms with van der Waals surface area (Å²) in [5, 5.41) is 5.76. The summed E-state index contributed by atoms with van der Waals surface area (Å²) in [5.41, 5.74) is 0.398. The Morgan fingerprint density at radius 1 is 1.21 bits per heavy atom. The smallest absolute Gasteiger partial charge is 0.341 e. The number of ether oxygens (including phenoxy) is 3. The van der Waals surface area contributed by atoms with Gasteiger partial charge in [-0.2, -0.15) is 0 Å². The molecule has 1 aromatic carbocycles. The first-order valence-corrected chi connectivity index (χ1v) is 11.7. The number of esters is 1. The summed E-state index contributed by atoms with van der Waals surface area (Å²) in [7, 11) is 1.29. The number of nitrogens with one attached hydrogen (secondary N) is 2. The Hall–Kier alpha value is -3.60.